The van der Waals surface area contributed by atoms with Crippen molar-refractivity contribution in [3.63, 3.8) is 0 Å². The lowest BCUT2D eigenvalue weighted by atomic mass is 9.84. The molecule has 3 unspecified atom stereocenters. The van der Waals surface area contributed by atoms with Crippen LogP contribution in [0.15, 0.2) is 30.3 Å². The van der Waals surface area contributed by atoms with E-state index in [2.05, 4.69) is 24.3 Å². The molecule has 0 saturated heterocycles. The second-order valence-electron chi connectivity index (χ2n) is 6.24. The summed E-state index contributed by atoms with van der Waals surface area (Å²) in [6.45, 7) is 3.03. The van der Waals surface area contributed by atoms with Gasteiger partial charge in [0.2, 0.25) is 5.91 Å². The summed E-state index contributed by atoms with van der Waals surface area (Å²) in [5.74, 6) is 5.74. The smallest absolute Gasteiger partial charge is 0.242 e. The highest BCUT2D eigenvalue weighted by Gasteiger charge is 2.29. The zero-order valence-electron chi connectivity index (χ0n) is 13.1. The maximum Gasteiger partial charge on any atom is 0.242 e. The Morgan fingerprint density at radius 3 is 2.62 bits per heavy atom. The molecule has 21 heavy (non-hydrogen) atoms. The highest BCUT2D eigenvalue weighted by atomic mass is 16.2. The summed E-state index contributed by atoms with van der Waals surface area (Å²) < 4.78 is 0. The molecule has 1 aliphatic rings. The molecule has 116 valence electrons. The molecular weight excluding hydrogens is 262 g/mol. The fraction of sp³-hybridized carbons (Fsp3) is 0.588. The molecule has 0 bridgehead atoms. The fourth-order valence-corrected chi connectivity index (χ4v) is 3.50. The highest BCUT2D eigenvalue weighted by molar-refractivity contribution is 5.83. The van der Waals surface area contributed by atoms with Gasteiger partial charge in [-0.25, -0.2) is 5.84 Å². The summed E-state index contributed by atoms with van der Waals surface area (Å²) in [6, 6.07) is 10.5. The van der Waals surface area contributed by atoms with Crippen LogP contribution < -0.4 is 11.3 Å². The van der Waals surface area contributed by atoms with Crippen molar-refractivity contribution in [3.05, 3.63) is 35.9 Å². The van der Waals surface area contributed by atoms with Crippen molar-refractivity contribution in [1.29, 1.82) is 0 Å². The quantitative estimate of drug-likeness (QED) is 0.497. The standard InChI is InChI=1S/C17H27N3O/c1-13-8-6-7-11-16(13)20(2)12-15(17(21)19-18)14-9-4-3-5-10-14/h3-5,9-10,13,15-16H,6-8,11-12,18H2,1-2H3,(H,19,21). The minimum atomic E-state index is -0.213. The number of rotatable bonds is 5. The third kappa shape index (κ3) is 4.05. The van der Waals surface area contributed by atoms with Crippen LogP contribution >= 0.6 is 0 Å². The number of nitrogens with zero attached hydrogens (tertiary/aromatic N) is 1. The van der Waals surface area contributed by atoms with Gasteiger partial charge in [-0.3, -0.25) is 10.2 Å². The Morgan fingerprint density at radius 2 is 2.00 bits per heavy atom. The first-order valence-electron chi connectivity index (χ1n) is 7.89. The summed E-state index contributed by atoms with van der Waals surface area (Å²) in [5.41, 5.74) is 3.34. The van der Waals surface area contributed by atoms with Gasteiger partial charge in [0.05, 0.1) is 5.92 Å². The molecule has 1 aliphatic carbocycles. The van der Waals surface area contributed by atoms with Crippen molar-refractivity contribution in [3.8, 4) is 0 Å². The topological polar surface area (TPSA) is 58.4 Å². The number of carbonyl (C=O) groups is 1. The van der Waals surface area contributed by atoms with Gasteiger partial charge in [0, 0.05) is 12.6 Å². The van der Waals surface area contributed by atoms with Crippen LogP contribution in [0.1, 0.15) is 44.1 Å². The molecule has 1 aromatic rings. The Morgan fingerprint density at radius 1 is 1.33 bits per heavy atom. The minimum absolute atomic E-state index is 0.114. The number of hydrogen-bond acceptors (Lipinski definition) is 3. The first-order valence-corrected chi connectivity index (χ1v) is 7.89. The second-order valence-corrected chi connectivity index (χ2v) is 6.24. The van der Waals surface area contributed by atoms with E-state index in [9.17, 15) is 4.79 Å². The van der Waals surface area contributed by atoms with Gasteiger partial charge in [0.25, 0.3) is 0 Å². The monoisotopic (exact) mass is 289 g/mol. The van der Waals surface area contributed by atoms with E-state index >= 15 is 0 Å². The Bertz CT molecular complexity index is 449. The molecule has 4 heteroatoms. The molecule has 0 heterocycles. The first-order chi connectivity index (χ1) is 10.1. The van der Waals surface area contributed by atoms with Gasteiger partial charge in [-0.2, -0.15) is 0 Å². The zero-order chi connectivity index (χ0) is 15.2. The van der Waals surface area contributed by atoms with E-state index in [1.54, 1.807) is 0 Å². The molecule has 0 aromatic heterocycles. The number of nitrogens with one attached hydrogen (secondary N) is 1. The SMILES string of the molecule is CC1CCCCC1N(C)CC(C(=O)NN)c1ccccc1. The van der Waals surface area contributed by atoms with Crippen LogP contribution in [0.25, 0.3) is 0 Å². The Kier molecular flexibility index (Phi) is 5.76. The van der Waals surface area contributed by atoms with Crippen LogP contribution in [0, 0.1) is 5.92 Å². The number of benzene rings is 1. The Hall–Kier alpha value is -1.39. The number of hydrogen-bond donors (Lipinski definition) is 2. The number of amides is 1. The van der Waals surface area contributed by atoms with Crippen LogP contribution in [0.2, 0.25) is 0 Å². The first kappa shape index (κ1) is 16.0. The molecule has 1 saturated carbocycles. The predicted octanol–water partition coefficient (Wildman–Crippen LogP) is 2.27. The Labute approximate surface area is 127 Å². The van der Waals surface area contributed by atoms with Crippen LogP contribution in [-0.4, -0.2) is 30.4 Å². The average molecular weight is 289 g/mol. The third-order valence-electron chi connectivity index (χ3n) is 4.76. The van der Waals surface area contributed by atoms with Gasteiger partial charge in [-0.1, -0.05) is 50.1 Å². The van der Waals surface area contributed by atoms with Crippen LogP contribution in [-0.2, 0) is 4.79 Å². The van der Waals surface area contributed by atoms with Crippen molar-refractivity contribution in [2.24, 2.45) is 11.8 Å². The molecule has 0 spiro atoms. The van der Waals surface area contributed by atoms with Crippen LogP contribution in [0.4, 0.5) is 0 Å². The lowest BCUT2D eigenvalue weighted by molar-refractivity contribution is -0.123. The molecular formula is C17H27N3O. The van der Waals surface area contributed by atoms with Gasteiger partial charge in [0.1, 0.15) is 0 Å². The van der Waals surface area contributed by atoms with Crippen LogP contribution in [0.5, 0.6) is 0 Å². The van der Waals surface area contributed by atoms with Crippen molar-refractivity contribution < 1.29 is 4.79 Å². The van der Waals surface area contributed by atoms with Gasteiger partial charge >= 0.3 is 0 Å². The van der Waals surface area contributed by atoms with Gasteiger partial charge in [-0.05, 0) is 31.4 Å². The molecule has 3 atom stereocenters. The molecule has 2 rings (SSSR count). The van der Waals surface area contributed by atoms with E-state index in [1.165, 1.54) is 25.7 Å². The van der Waals surface area contributed by atoms with E-state index in [0.717, 1.165) is 5.56 Å². The van der Waals surface area contributed by atoms with E-state index in [4.69, 9.17) is 5.84 Å². The molecule has 1 amide bonds. The minimum Gasteiger partial charge on any atom is -0.302 e. The van der Waals surface area contributed by atoms with E-state index in [-0.39, 0.29) is 11.8 Å². The lowest BCUT2D eigenvalue weighted by Crippen LogP contribution is -2.45. The van der Waals surface area contributed by atoms with Gasteiger partial charge in [0.15, 0.2) is 0 Å². The largest absolute Gasteiger partial charge is 0.302 e. The van der Waals surface area contributed by atoms with Gasteiger partial charge in [-0.15, -0.1) is 0 Å². The maximum atomic E-state index is 12.1. The van der Waals surface area contributed by atoms with E-state index in [1.807, 2.05) is 30.3 Å². The maximum absolute atomic E-state index is 12.1. The summed E-state index contributed by atoms with van der Waals surface area (Å²) in [7, 11) is 2.13. The summed E-state index contributed by atoms with van der Waals surface area (Å²) in [5, 5.41) is 0. The molecule has 4 nitrogen and oxygen atoms in total. The van der Waals surface area contributed by atoms with E-state index < -0.39 is 0 Å². The third-order valence-corrected chi connectivity index (χ3v) is 4.76. The van der Waals surface area contributed by atoms with Crippen molar-refractivity contribution >= 4 is 5.91 Å². The molecule has 3 N–H and O–H groups in total. The number of likely N-dealkylation sites (N-methyl/N-ethyl adjacent to an activating group) is 1. The summed E-state index contributed by atoms with van der Waals surface area (Å²) in [6.07, 6.45) is 5.13. The zero-order valence-corrected chi connectivity index (χ0v) is 13.1. The highest BCUT2D eigenvalue weighted by Crippen LogP contribution is 2.29. The lowest BCUT2D eigenvalue weighted by Gasteiger charge is -2.37. The number of hydrazine groups is 1. The van der Waals surface area contributed by atoms with Crippen LogP contribution in [0.3, 0.4) is 0 Å². The predicted molar refractivity (Wildman–Crippen MR) is 85.6 cm³/mol. The molecule has 1 aromatic carbocycles. The van der Waals surface area contributed by atoms with E-state index in [0.29, 0.717) is 18.5 Å². The summed E-state index contributed by atoms with van der Waals surface area (Å²) >= 11 is 0. The Balaban J connectivity index is 2.09. The normalized spacial score (nSPS) is 23.8. The molecule has 1 fully saturated rings. The fourth-order valence-electron chi connectivity index (χ4n) is 3.50. The van der Waals surface area contributed by atoms with Crippen molar-refractivity contribution in [2.45, 2.75) is 44.6 Å². The molecule has 0 radical (unpaired) electrons. The number of carbonyl (C=O) groups excluding carboxylic acids is 1. The average Bonchev–Trinajstić information content (AvgIpc) is 2.53. The molecule has 0 aliphatic heterocycles. The van der Waals surface area contributed by atoms with Crippen molar-refractivity contribution in [2.75, 3.05) is 13.6 Å². The number of nitrogens with two attached hydrogens (primary N) is 1. The van der Waals surface area contributed by atoms with Crippen molar-refractivity contribution in [1.82, 2.24) is 10.3 Å². The summed E-state index contributed by atoms with van der Waals surface area (Å²) in [4.78, 5) is 14.5. The van der Waals surface area contributed by atoms with Gasteiger partial charge < -0.3 is 4.90 Å². The second kappa shape index (κ2) is 7.57.